The Hall–Kier alpha value is -1.79. The Kier molecular flexibility index (Phi) is 4.03. The van der Waals surface area contributed by atoms with E-state index in [4.69, 9.17) is 14.6 Å². The molecule has 2 heterocycles. The quantitative estimate of drug-likeness (QED) is 0.682. The van der Waals surface area contributed by atoms with Crippen molar-refractivity contribution in [2.24, 2.45) is 0 Å². The predicted molar refractivity (Wildman–Crippen MR) is 75.4 cm³/mol. The molecule has 0 radical (unpaired) electrons. The highest BCUT2D eigenvalue weighted by molar-refractivity contribution is 5.79. The number of aliphatic hydroxyl groups excluding tert-OH is 1. The van der Waals surface area contributed by atoms with Crippen LogP contribution in [-0.2, 0) is 6.42 Å². The number of benzene rings is 1. The third-order valence-corrected chi connectivity index (χ3v) is 3.25. The number of fused-ring (bicyclic) bond motifs is 2. The number of imidazole rings is 1. The van der Waals surface area contributed by atoms with E-state index in [0.717, 1.165) is 54.3 Å². The van der Waals surface area contributed by atoms with Crippen LogP contribution in [0.1, 0.15) is 12.2 Å². The molecule has 0 unspecified atom stereocenters. The molecular weight excluding hydrogens is 258 g/mol. The third kappa shape index (κ3) is 2.86. The molecule has 0 spiro atoms. The van der Waals surface area contributed by atoms with Crippen LogP contribution in [0, 0.1) is 0 Å². The van der Waals surface area contributed by atoms with Crippen LogP contribution in [0.15, 0.2) is 12.1 Å². The molecule has 20 heavy (non-hydrogen) atoms. The summed E-state index contributed by atoms with van der Waals surface area (Å²) in [6.07, 6.45) is 1.61. The monoisotopic (exact) mass is 277 g/mol. The Morgan fingerprint density at radius 3 is 2.80 bits per heavy atom. The van der Waals surface area contributed by atoms with Crippen LogP contribution in [0.2, 0.25) is 0 Å². The van der Waals surface area contributed by atoms with E-state index in [0.29, 0.717) is 13.2 Å². The fourth-order valence-electron chi connectivity index (χ4n) is 2.25. The van der Waals surface area contributed by atoms with Gasteiger partial charge in [-0.15, -0.1) is 0 Å². The van der Waals surface area contributed by atoms with Crippen LogP contribution in [0.5, 0.6) is 11.5 Å². The molecule has 0 saturated heterocycles. The molecule has 0 atom stereocenters. The summed E-state index contributed by atoms with van der Waals surface area (Å²) in [5.74, 6) is 2.49. The maximum atomic E-state index is 8.70. The van der Waals surface area contributed by atoms with E-state index >= 15 is 0 Å². The summed E-state index contributed by atoms with van der Waals surface area (Å²) in [5, 5.41) is 12.0. The van der Waals surface area contributed by atoms with Crippen LogP contribution in [0.4, 0.5) is 0 Å². The molecule has 0 fully saturated rings. The molecule has 1 aliphatic rings. The highest BCUT2D eigenvalue weighted by atomic mass is 16.6. The highest BCUT2D eigenvalue weighted by Crippen LogP contribution is 2.33. The predicted octanol–water partition coefficient (Wildman–Crippen LogP) is 0.849. The second-order valence-corrected chi connectivity index (χ2v) is 4.77. The van der Waals surface area contributed by atoms with Crippen LogP contribution in [0.3, 0.4) is 0 Å². The van der Waals surface area contributed by atoms with Crippen LogP contribution >= 0.6 is 0 Å². The van der Waals surface area contributed by atoms with E-state index in [9.17, 15) is 0 Å². The zero-order valence-electron chi connectivity index (χ0n) is 11.3. The van der Waals surface area contributed by atoms with Gasteiger partial charge in [-0.25, -0.2) is 4.98 Å². The van der Waals surface area contributed by atoms with Crippen molar-refractivity contribution in [3.63, 3.8) is 0 Å². The van der Waals surface area contributed by atoms with Gasteiger partial charge in [-0.05, 0) is 13.0 Å². The standard InChI is InChI=1S/C14H19N3O3/c18-5-1-3-15-4-2-14-16-10-8-12-13(9-11(10)17-14)20-7-6-19-12/h8-9,15,18H,1-7H2,(H,16,17). The van der Waals surface area contributed by atoms with Crippen molar-refractivity contribution in [1.29, 1.82) is 0 Å². The Labute approximate surface area is 117 Å². The Bertz CT molecular complexity index is 539. The van der Waals surface area contributed by atoms with Crippen LogP contribution in [0.25, 0.3) is 11.0 Å². The van der Waals surface area contributed by atoms with E-state index in [-0.39, 0.29) is 6.61 Å². The van der Waals surface area contributed by atoms with E-state index in [2.05, 4.69) is 15.3 Å². The summed E-state index contributed by atoms with van der Waals surface area (Å²) in [6.45, 7) is 3.07. The van der Waals surface area contributed by atoms with Gasteiger partial charge >= 0.3 is 0 Å². The molecule has 108 valence electrons. The number of nitrogens with zero attached hydrogens (tertiary/aromatic N) is 1. The number of nitrogens with one attached hydrogen (secondary N) is 2. The zero-order chi connectivity index (χ0) is 13.8. The number of H-pyrrole nitrogens is 1. The van der Waals surface area contributed by atoms with E-state index < -0.39 is 0 Å². The second kappa shape index (κ2) is 6.11. The van der Waals surface area contributed by atoms with Crippen molar-refractivity contribution in [3.8, 4) is 11.5 Å². The van der Waals surface area contributed by atoms with Gasteiger partial charge in [-0.2, -0.15) is 0 Å². The first-order valence-corrected chi connectivity index (χ1v) is 6.96. The first kappa shape index (κ1) is 13.2. The van der Waals surface area contributed by atoms with Crippen LogP contribution < -0.4 is 14.8 Å². The van der Waals surface area contributed by atoms with Crippen LogP contribution in [-0.4, -0.2) is 48.0 Å². The lowest BCUT2D eigenvalue weighted by molar-refractivity contribution is 0.172. The molecule has 0 aliphatic carbocycles. The van der Waals surface area contributed by atoms with Crippen molar-refractivity contribution in [1.82, 2.24) is 15.3 Å². The number of hydrogen-bond acceptors (Lipinski definition) is 5. The Morgan fingerprint density at radius 2 is 2.00 bits per heavy atom. The van der Waals surface area contributed by atoms with Crippen molar-refractivity contribution in [3.05, 3.63) is 18.0 Å². The smallest absolute Gasteiger partial charge is 0.163 e. The molecule has 3 rings (SSSR count). The van der Waals surface area contributed by atoms with Gasteiger partial charge in [0.25, 0.3) is 0 Å². The summed E-state index contributed by atoms with van der Waals surface area (Å²) in [6, 6.07) is 3.86. The van der Waals surface area contributed by atoms with Gasteiger partial charge in [0.1, 0.15) is 19.0 Å². The summed E-state index contributed by atoms with van der Waals surface area (Å²) in [7, 11) is 0. The second-order valence-electron chi connectivity index (χ2n) is 4.77. The molecule has 0 amide bonds. The summed E-state index contributed by atoms with van der Waals surface area (Å²) in [5.41, 5.74) is 1.87. The normalized spacial score (nSPS) is 13.8. The molecule has 1 aromatic carbocycles. The maximum absolute atomic E-state index is 8.70. The average Bonchev–Trinajstić information content (AvgIpc) is 2.86. The molecule has 1 aromatic heterocycles. The first-order valence-electron chi connectivity index (χ1n) is 6.96. The fourth-order valence-corrected chi connectivity index (χ4v) is 2.25. The van der Waals surface area contributed by atoms with Gasteiger partial charge in [0, 0.05) is 31.7 Å². The van der Waals surface area contributed by atoms with Gasteiger partial charge in [0.05, 0.1) is 11.0 Å². The lowest BCUT2D eigenvalue weighted by Crippen LogP contribution is -2.19. The van der Waals surface area contributed by atoms with Gasteiger partial charge < -0.3 is 24.9 Å². The lowest BCUT2D eigenvalue weighted by atomic mass is 10.2. The van der Waals surface area contributed by atoms with E-state index in [1.807, 2.05) is 12.1 Å². The molecule has 1 aliphatic heterocycles. The van der Waals surface area contributed by atoms with E-state index in [1.165, 1.54) is 0 Å². The maximum Gasteiger partial charge on any atom is 0.163 e. The molecule has 3 N–H and O–H groups in total. The van der Waals surface area contributed by atoms with Crippen molar-refractivity contribution >= 4 is 11.0 Å². The molecule has 6 nitrogen and oxygen atoms in total. The molecular formula is C14H19N3O3. The van der Waals surface area contributed by atoms with Gasteiger partial charge in [0.15, 0.2) is 11.5 Å². The SMILES string of the molecule is OCCCNCCc1nc2cc3c(cc2[nH]1)OCCO3. The minimum atomic E-state index is 0.225. The Morgan fingerprint density at radius 1 is 1.20 bits per heavy atom. The van der Waals surface area contributed by atoms with Gasteiger partial charge in [-0.3, -0.25) is 0 Å². The lowest BCUT2D eigenvalue weighted by Gasteiger charge is -2.17. The minimum Gasteiger partial charge on any atom is -0.486 e. The largest absolute Gasteiger partial charge is 0.486 e. The average molecular weight is 277 g/mol. The third-order valence-electron chi connectivity index (χ3n) is 3.25. The number of rotatable bonds is 6. The fraction of sp³-hybridized carbons (Fsp3) is 0.500. The minimum absolute atomic E-state index is 0.225. The number of ether oxygens (including phenoxy) is 2. The van der Waals surface area contributed by atoms with Crippen molar-refractivity contribution in [2.75, 3.05) is 32.9 Å². The molecule has 6 heteroatoms. The molecule has 0 saturated carbocycles. The van der Waals surface area contributed by atoms with Gasteiger partial charge in [-0.1, -0.05) is 0 Å². The van der Waals surface area contributed by atoms with Crippen molar-refractivity contribution in [2.45, 2.75) is 12.8 Å². The number of aromatic amines is 1. The highest BCUT2D eigenvalue weighted by Gasteiger charge is 2.14. The number of hydrogen-bond donors (Lipinski definition) is 3. The first-order chi connectivity index (χ1) is 9.86. The van der Waals surface area contributed by atoms with Crippen molar-refractivity contribution < 1.29 is 14.6 Å². The zero-order valence-corrected chi connectivity index (χ0v) is 11.3. The van der Waals surface area contributed by atoms with E-state index in [1.54, 1.807) is 0 Å². The topological polar surface area (TPSA) is 79.4 Å². The summed E-state index contributed by atoms with van der Waals surface area (Å²) < 4.78 is 11.1. The Balaban J connectivity index is 1.67. The molecule has 2 aromatic rings. The number of aliphatic hydroxyl groups is 1. The van der Waals surface area contributed by atoms with Gasteiger partial charge in [0.2, 0.25) is 0 Å². The molecule has 0 bridgehead atoms. The summed E-state index contributed by atoms with van der Waals surface area (Å²) >= 11 is 0. The summed E-state index contributed by atoms with van der Waals surface area (Å²) in [4.78, 5) is 7.86. The number of aromatic nitrogens is 2.